The number of aliphatic hydroxyl groups excluding tert-OH is 3. The smallest absolute Gasteiger partial charge is 0.330 e. The van der Waals surface area contributed by atoms with E-state index in [0.29, 0.717) is 12.8 Å². The van der Waals surface area contributed by atoms with Gasteiger partial charge in [-0.2, -0.15) is 0 Å². The highest BCUT2D eigenvalue weighted by Crippen LogP contribution is 2.02. The summed E-state index contributed by atoms with van der Waals surface area (Å²) >= 11 is 0. The van der Waals surface area contributed by atoms with Crippen molar-refractivity contribution >= 4 is 23.9 Å². The summed E-state index contributed by atoms with van der Waals surface area (Å²) in [5, 5.41) is 49.0. The highest BCUT2D eigenvalue weighted by atomic mass is 16.5. The highest BCUT2D eigenvalue weighted by molar-refractivity contribution is 5.85. The Hall–Kier alpha value is -3.28. The summed E-state index contributed by atoms with van der Waals surface area (Å²) in [7, 11) is 1.31. The van der Waals surface area contributed by atoms with Gasteiger partial charge in [0.25, 0.3) is 0 Å². The first-order chi connectivity index (χ1) is 15.1. The summed E-state index contributed by atoms with van der Waals surface area (Å²) in [6.45, 7) is 17.1. The summed E-state index contributed by atoms with van der Waals surface area (Å²) in [6, 6.07) is 0. The monoisotopic (exact) mass is 478 g/mol. The fraction of sp³-hybridized carbons (Fsp3) is 0.455. The Kier molecular flexibility index (Phi) is 34.9. The van der Waals surface area contributed by atoms with Crippen LogP contribution in [0.1, 0.15) is 33.6 Å². The van der Waals surface area contributed by atoms with Gasteiger partial charge in [-0.25, -0.2) is 19.2 Å². The number of rotatable bonds is 9. The van der Waals surface area contributed by atoms with Crippen LogP contribution in [0.3, 0.4) is 0 Å². The Morgan fingerprint density at radius 3 is 1.15 bits per heavy atom. The van der Waals surface area contributed by atoms with Crippen LogP contribution in [0.25, 0.3) is 0 Å². The summed E-state index contributed by atoms with van der Waals surface area (Å²) in [5.74, 6) is -3.24. The number of methoxy groups -OCH3 is 1. The number of aliphatic carboxylic acids is 3. The molecule has 0 aliphatic heterocycles. The van der Waals surface area contributed by atoms with Crippen molar-refractivity contribution in [3.05, 3.63) is 49.1 Å². The van der Waals surface area contributed by atoms with Crippen LogP contribution in [0.4, 0.5) is 0 Å². The van der Waals surface area contributed by atoms with E-state index in [4.69, 9.17) is 30.6 Å². The molecule has 0 heterocycles. The van der Waals surface area contributed by atoms with Gasteiger partial charge in [-0.05, 0) is 33.6 Å². The van der Waals surface area contributed by atoms with E-state index in [2.05, 4.69) is 31.1 Å². The van der Waals surface area contributed by atoms with Crippen molar-refractivity contribution in [1.29, 1.82) is 0 Å². The SMILES string of the molecule is C=C(C)C(=O)O.C=C(C)C(=O)O.C=C(C)C(=O)O.C=CC(=O)OC.OCCCC(CO)CO. The van der Waals surface area contributed by atoms with Gasteiger partial charge in [-0.3, -0.25) is 0 Å². The molecule has 0 bridgehead atoms. The molecule has 0 aliphatic carbocycles. The van der Waals surface area contributed by atoms with Gasteiger partial charge < -0.3 is 35.4 Å². The van der Waals surface area contributed by atoms with Crippen molar-refractivity contribution in [2.24, 2.45) is 5.92 Å². The topological polar surface area (TPSA) is 199 Å². The fourth-order valence-corrected chi connectivity index (χ4v) is 0.704. The number of carbonyl (C=O) groups excluding carboxylic acids is 1. The van der Waals surface area contributed by atoms with Crippen molar-refractivity contribution in [2.75, 3.05) is 26.9 Å². The van der Waals surface area contributed by atoms with Gasteiger partial charge in [0.2, 0.25) is 0 Å². The Labute approximate surface area is 194 Å². The molecule has 0 radical (unpaired) electrons. The molecule has 11 nitrogen and oxygen atoms in total. The average molecular weight is 479 g/mol. The van der Waals surface area contributed by atoms with E-state index >= 15 is 0 Å². The van der Waals surface area contributed by atoms with E-state index in [0.717, 1.165) is 6.08 Å². The lowest BCUT2D eigenvalue weighted by Crippen LogP contribution is -2.11. The molecule has 192 valence electrons. The summed E-state index contributed by atoms with van der Waals surface area (Å²) < 4.78 is 4.14. The molecule has 0 unspecified atom stereocenters. The zero-order valence-electron chi connectivity index (χ0n) is 19.7. The third kappa shape index (κ3) is 47.8. The quantitative estimate of drug-likeness (QED) is 0.208. The Morgan fingerprint density at radius 1 is 0.788 bits per heavy atom. The van der Waals surface area contributed by atoms with E-state index in [1.807, 2.05) is 0 Å². The number of hydrogen-bond acceptors (Lipinski definition) is 8. The highest BCUT2D eigenvalue weighted by Gasteiger charge is 2.03. The Morgan fingerprint density at radius 2 is 1.06 bits per heavy atom. The largest absolute Gasteiger partial charge is 0.478 e. The maximum absolute atomic E-state index is 9.84. The minimum atomic E-state index is -0.935. The first kappa shape index (κ1) is 40.1. The van der Waals surface area contributed by atoms with Crippen molar-refractivity contribution in [2.45, 2.75) is 33.6 Å². The van der Waals surface area contributed by atoms with Crippen LogP contribution in [0.15, 0.2) is 49.1 Å². The second-order valence-corrected chi connectivity index (χ2v) is 6.08. The summed E-state index contributed by atoms with van der Waals surface area (Å²) in [5.41, 5.74) is 0.528. The van der Waals surface area contributed by atoms with Gasteiger partial charge in [-0.1, -0.05) is 26.3 Å². The van der Waals surface area contributed by atoms with Crippen LogP contribution in [0.2, 0.25) is 0 Å². The zero-order chi connectivity index (χ0) is 27.6. The lowest BCUT2D eigenvalue weighted by Gasteiger charge is -2.07. The third-order valence-electron chi connectivity index (χ3n) is 2.75. The van der Waals surface area contributed by atoms with Crippen molar-refractivity contribution in [3.8, 4) is 0 Å². The maximum Gasteiger partial charge on any atom is 0.330 e. The molecule has 33 heavy (non-hydrogen) atoms. The first-order valence-corrected chi connectivity index (χ1v) is 9.28. The van der Waals surface area contributed by atoms with Gasteiger partial charge in [0.15, 0.2) is 0 Å². The summed E-state index contributed by atoms with van der Waals surface area (Å²) in [6.07, 6.45) is 2.47. The molecule has 11 heteroatoms. The van der Waals surface area contributed by atoms with Crippen molar-refractivity contribution in [3.63, 3.8) is 0 Å². The molecule has 0 aromatic rings. The Bertz CT molecular complexity index is 521. The molecule has 0 aromatic heterocycles. The van der Waals surface area contributed by atoms with Crippen LogP contribution in [-0.2, 0) is 23.9 Å². The average Bonchev–Trinajstić information content (AvgIpc) is 2.75. The van der Waals surface area contributed by atoms with Gasteiger partial charge in [0, 0.05) is 48.5 Å². The third-order valence-corrected chi connectivity index (χ3v) is 2.75. The predicted octanol–water partition coefficient (Wildman–Crippen LogP) is 1.65. The molecule has 0 atom stereocenters. The van der Waals surface area contributed by atoms with E-state index in [1.54, 1.807) is 0 Å². The van der Waals surface area contributed by atoms with Crippen LogP contribution in [-0.4, -0.2) is 81.4 Å². The van der Waals surface area contributed by atoms with Crippen LogP contribution < -0.4 is 0 Å². The molecular weight excluding hydrogens is 440 g/mol. The lowest BCUT2D eigenvalue weighted by molar-refractivity contribution is -0.135. The van der Waals surface area contributed by atoms with Crippen LogP contribution in [0.5, 0.6) is 0 Å². The molecule has 0 spiro atoms. The van der Waals surface area contributed by atoms with Gasteiger partial charge in [0.05, 0.1) is 7.11 Å². The van der Waals surface area contributed by atoms with Crippen molar-refractivity contribution < 1.29 is 54.6 Å². The molecule has 0 aliphatic rings. The standard InChI is InChI=1S/C6H14O3.4C4H6O2/c7-3-1-2-6(4-8)5-9;1-3-4(5)6-2;3*1-3(2)4(5)6/h6-9H,1-5H2;3H,1H2,2H3;3*1H2,2H3,(H,5,6). The molecular formula is C22H38O11. The molecule has 0 amide bonds. The van der Waals surface area contributed by atoms with E-state index in [1.165, 1.54) is 27.9 Å². The predicted molar refractivity (Wildman–Crippen MR) is 124 cm³/mol. The fourth-order valence-electron chi connectivity index (χ4n) is 0.704. The number of carbonyl (C=O) groups is 4. The van der Waals surface area contributed by atoms with E-state index < -0.39 is 23.9 Å². The summed E-state index contributed by atoms with van der Waals surface area (Å²) in [4.78, 5) is 38.6. The van der Waals surface area contributed by atoms with Crippen molar-refractivity contribution in [1.82, 2.24) is 0 Å². The van der Waals surface area contributed by atoms with Crippen LogP contribution >= 0.6 is 0 Å². The second-order valence-electron chi connectivity index (χ2n) is 6.08. The Balaban J connectivity index is -0.000000100. The number of carboxylic acid groups (broad SMARTS) is 3. The second kappa shape index (κ2) is 28.7. The molecule has 0 aromatic carbocycles. The molecule has 6 N–H and O–H groups in total. The maximum atomic E-state index is 9.84. The van der Waals surface area contributed by atoms with Gasteiger partial charge in [-0.15, -0.1) is 0 Å². The number of ether oxygens (including phenoxy) is 1. The minimum Gasteiger partial charge on any atom is -0.478 e. The number of hydrogen-bond donors (Lipinski definition) is 6. The van der Waals surface area contributed by atoms with E-state index in [-0.39, 0.29) is 42.5 Å². The normalized spacial score (nSPS) is 8.24. The molecule has 0 fully saturated rings. The number of esters is 1. The molecule has 0 rings (SSSR count). The van der Waals surface area contributed by atoms with Crippen LogP contribution in [0, 0.1) is 5.92 Å². The molecule has 0 saturated carbocycles. The number of aliphatic hydroxyl groups is 3. The van der Waals surface area contributed by atoms with Gasteiger partial charge in [0.1, 0.15) is 0 Å². The first-order valence-electron chi connectivity index (χ1n) is 9.28. The zero-order valence-corrected chi connectivity index (χ0v) is 19.7. The van der Waals surface area contributed by atoms with Gasteiger partial charge >= 0.3 is 23.9 Å². The van der Waals surface area contributed by atoms with E-state index in [9.17, 15) is 19.2 Å². The lowest BCUT2D eigenvalue weighted by atomic mass is 10.1. The molecule has 0 saturated heterocycles. The minimum absolute atomic E-state index is 0.0104. The number of carboxylic acids is 3.